The van der Waals surface area contributed by atoms with Gasteiger partial charge in [-0.05, 0) is 30.2 Å². The summed E-state index contributed by atoms with van der Waals surface area (Å²) in [5.74, 6) is 5.36. The summed E-state index contributed by atoms with van der Waals surface area (Å²) in [7, 11) is 1.81. The smallest absolute Gasteiger partial charge is 0.236 e. The molecule has 0 saturated carbocycles. The van der Waals surface area contributed by atoms with E-state index < -0.39 is 0 Å². The lowest BCUT2D eigenvalue weighted by molar-refractivity contribution is -0.129. The molecule has 1 aromatic rings. The Morgan fingerprint density at radius 2 is 2.14 bits per heavy atom. The molecule has 21 heavy (non-hydrogen) atoms. The van der Waals surface area contributed by atoms with Gasteiger partial charge in [0.2, 0.25) is 5.91 Å². The van der Waals surface area contributed by atoms with Crippen molar-refractivity contribution in [2.75, 3.05) is 33.2 Å². The van der Waals surface area contributed by atoms with Gasteiger partial charge < -0.3 is 10.6 Å². The quantitative estimate of drug-likeness (QED) is 0.819. The summed E-state index contributed by atoms with van der Waals surface area (Å²) in [4.78, 5) is 15.6. The van der Waals surface area contributed by atoms with Gasteiger partial charge >= 0.3 is 0 Å². The van der Waals surface area contributed by atoms with Crippen LogP contribution in [0.1, 0.15) is 17.5 Å². The average molecular weight is 289 g/mol. The second-order valence-corrected chi connectivity index (χ2v) is 5.23. The molecule has 0 spiro atoms. The van der Waals surface area contributed by atoms with E-state index in [9.17, 15) is 9.18 Å². The highest BCUT2D eigenvalue weighted by Crippen LogP contribution is 2.13. The first-order valence-corrected chi connectivity index (χ1v) is 7.03. The number of likely N-dealkylation sites (N-methyl/N-ethyl adjacent to an activating group) is 1. The van der Waals surface area contributed by atoms with Crippen LogP contribution < -0.4 is 5.73 Å². The second-order valence-electron chi connectivity index (χ2n) is 5.23. The lowest BCUT2D eigenvalue weighted by atomic mass is 10.1. The van der Waals surface area contributed by atoms with E-state index in [-0.39, 0.29) is 18.3 Å². The van der Waals surface area contributed by atoms with E-state index in [0.717, 1.165) is 25.1 Å². The van der Waals surface area contributed by atoms with Gasteiger partial charge in [0.1, 0.15) is 5.82 Å². The summed E-state index contributed by atoms with van der Waals surface area (Å²) >= 11 is 0. The molecule has 0 atom stereocenters. The molecule has 0 bridgehead atoms. The van der Waals surface area contributed by atoms with Crippen LogP contribution in [0.25, 0.3) is 0 Å². The molecular formula is C16H20FN3O. The van der Waals surface area contributed by atoms with E-state index in [1.165, 1.54) is 12.1 Å². The van der Waals surface area contributed by atoms with Crippen molar-refractivity contribution in [3.05, 3.63) is 35.1 Å². The van der Waals surface area contributed by atoms with Crippen LogP contribution in [-0.2, 0) is 11.3 Å². The minimum absolute atomic E-state index is 0.104. The van der Waals surface area contributed by atoms with Crippen molar-refractivity contribution in [2.24, 2.45) is 5.73 Å². The molecule has 4 nitrogen and oxygen atoms in total. The molecule has 1 amide bonds. The molecule has 112 valence electrons. The Bertz CT molecular complexity index is 577. The van der Waals surface area contributed by atoms with Crippen LogP contribution in [0.5, 0.6) is 0 Å². The molecule has 0 aromatic heterocycles. The monoisotopic (exact) mass is 289 g/mol. The highest BCUT2D eigenvalue weighted by atomic mass is 19.1. The molecule has 1 aromatic carbocycles. The Kier molecular flexibility index (Phi) is 5.32. The van der Waals surface area contributed by atoms with E-state index in [0.29, 0.717) is 18.7 Å². The van der Waals surface area contributed by atoms with Gasteiger partial charge in [0.25, 0.3) is 0 Å². The van der Waals surface area contributed by atoms with Crippen LogP contribution in [0.15, 0.2) is 18.2 Å². The zero-order valence-electron chi connectivity index (χ0n) is 12.2. The summed E-state index contributed by atoms with van der Waals surface area (Å²) in [6.45, 7) is 2.77. The number of carbonyl (C=O) groups is 1. The van der Waals surface area contributed by atoms with Crippen LogP contribution in [0.4, 0.5) is 4.39 Å². The predicted molar refractivity (Wildman–Crippen MR) is 79.9 cm³/mol. The molecule has 2 rings (SSSR count). The third kappa shape index (κ3) is 4.55. The molecule has 1 aliphatic rings. The fourth-order valence-electron chi connectivity index (χ4n) is 2.41. The Labute approximate surface area is 124 Å². The average Bonchev–Trinajstić information content (AvgIpc) is 2.58. The molecule has 0 radical (unpaired) electrons. The van der Waals surface area contributed by atoms with Gasteiger partial charge in [0, 0.05) is 32.2 Å². The van der Waals surface area contributed by atoms with E-state index in [1.807, 2.05) is 18.0 Å². The summed E-state index contributed by atoms with van der Waals surface area (Å²) in [5.41, 5.74) is 6.78. The van der Waals surface area contributed by atoms with Gasteiger partial charge in [-0.1, -0.05) is 11.8 Å². The van der Waals surface area contributed by atoms with Gasteiger partial charge in [-0.25, -0.2) is 4.39 Å². The maximum absolute atomic E-state index is 13.6. The SMILES string of the molecule is CN1CCCN(Cc2cc(F)cc(C#CCN)c2)CC1=O. The first-order valence-electron chi connectivity index (χ1n) is 7.03. The maximum Gasteiger partial charge on any atom is 0.236 e. The lowest BCUT2D eigenvalue weighted by Crippen LogP contribution is -2.34. The number of benzene rings is 1. The summed E-state index contributed by atoms with van der Waals surface area (Å²) < 4.78 is 13.6. The minimum Gasteiger partial charge on any atom is -0.345 e. The van der Waals surface area contributed by atoms with E-state index in [2.05, 4.69) is 11.8 Å². The zero-order chi connectivity index (χ0) is 15.2. The number of hydrogen-bond acceptors (Lipinski definition) is 3. The molecule has 1 saturated heterocycles. The van der Waals surface area contributed by atoms with Gasteiger partial charge in [-0.15, -0.1) is 0 Å². The first kappa shape index (κ1) is 15.5. The van der Waals surface area contributed by atoms with Crippen molar-refractivity contribution in [1.82, 2.24) is 9.80 Å². The molecule has 0 unspecified atom stereocenters. The fraction of sp³-hybridized carbons (Fsp3) is 0.438. The normalized spacial score (nSPS) is 16.3. The highest BCUT2D eigenvalue weighted by Gasteiger charge is 2.19. The molecular weight excluding hydrogens is 269 g/mol. The van der Waals surface area contributed by atoms with Crippen LogP contribution in [0, 0.1) is 17.7 Å². The zero-order valence-corrected chi connectivity index (χ0v) is 12.2. The van der Waals surface area contributed by atoms with Gasteiger partial charge in [0.05, 0.1) is 13.1 Å². The largest absolute Gasteiger partial charge is 0.345 e. The number of amides is 1. The number of hydrogen-bond donors (Lipinski definition) is 1. The summed E-state index contributed by atoms with van der Waals surface area (Å²) in [6.07, 6.45) is 0.928. The third-order valence-electron chi connectivity index (χ3n) is 3.45. The standard InChI is InChI=1S/C16H20FN3O/c1-19-6-3-7-20(12-16(19)21)11-14-8-13(4-2-5-18)9-15(17)10-14/h8-10H,3,5-7,11-12,18H2,1H3. The second kappa shape index (κ2) is 7.21. The Morgan fingerprint density at radius 3 is 2.90 bits per heavy atom. The van der Waals surface area contributed by atoms with Gasteiger partial charge in [-0.2, -0.15) is 0 Å². The number of rotatable bonds is 2. The molecule has 2 N–H and O–H groups in total. The fourth-order valence-corrected chi connectivity index (χ4v) is 2.41. The molecule has 1 aliphatic heterocycles. The number of carbonyl (C=O) groups excluding carboxylic acids is 1. The van der Waals surface area contributed by atoms with Crippen molar-refractivity contribution in [2.45, 2.75) is 13.0 Å². The third-order valence-corrected chi connectivity index (χ3v) is 3.45. The van der Waals surface area contributed by atoms with Crippen LogP contribution in [-0.4, -0.2) is 48.9 Å². The van der Waals surface area contributed by atoms with Crippen LogP contribution in [0.3, 0.4) is 0 Å². The van der Waals surface area contributed by atoms with Crippen molar-refractivity contribution in [3.8, 4) is 11.8 Å². The lowest BCUT2D eigenvalue weighted by Gasteiger charge is -2.19. The minimum atomic E-state index is -0.313. The molecule has 1 fully saturated rings. The van der Waals surface area contributed by atoms with Crippen molar-refractivity contribution < 1.29 is 9.18 Å². The first-order chi connectivity index (χ1) is 10.1. The summed E-state index contributed by atoms with van der Waals surface area (Å²) in [5, 5.41) is 0. The van der Waals surface area contributed by atoms with Crippen molar-refractivity contribution >= 4 is 5.91 Å². The molecule has 1 heterocycles. The summed E-state index contributed by atoms with van der Waals surface area (Å²) in [6, 6.07) is 4.74. The number of nitrogens with zero attached hydrogens (tertiary/aromatic N) is 2. The van der Waals surface area contributed by atoms with Gasteiger partial charge in [0.15, 0.2) is 0 Å². The Balaban J connectivity index is 2.11. The van der Waals surface area contributed by atoms with Crippen LogP contribution in [0.2, 0.25) is 0 Å². The van der Waals surface area contributed by atoms with Crippen molar-refractivity contribution in [3.63, 3.8) is 0 Å². The Hall–Kier alpha value is -1.90. The van der Waals surface area contributed by atoms with E-state index in [4.69, 9.17) is 5.73 Å². The Morgan fingerprint density at radius 1 is 1.33 bits per heavy atom. The van der Waals surface area contributed by atoms with Gasteiger partial charge in [-0.3, -0.25) is 9.69 Å². The predicted octanol–water partition coefficient (Wildman–Crippen LogP) is 0.800. The maximum atomic E-state index is 13.6. The topological polar surface area (TPSA) is 49.6 Å². The van der Waals surface area contributed by atoms with E-state index >= 15 is 0 Å². The van der Waals surface area contributed by atoms with Crippen LogP contribution >= 0.6 is 0 Å². The van der Waals surface area contributed by atoms with Crippen molar-refractivity contribution in [1.29, 1.82) is 0 Å². The molecule has 5 heteroatoms. The molecule has 0 aliphatic carbocycles. The highest BCUT2D eigenvalue weighted by molar-refractivity contribution is 5.78. The number of halogens is 1. The number of nitrogens with two attached hydrogens (primary N) is 1. The van der Waals surface area contributed by atoms with E-state index in [1.54, 1.807) is 4.90 Å².